The summed E-state index contributed by atoms with van der Waals surface area (Å²) in [7, 11) is 0. The Morgan fingerprint density at radius 1 is 1.35 bits per heavy atom. The predicted octanol–water partition coefficient (Wildman–Crippen LogP) is 3.73. The zero-order chi connectivity index (χ0) is 14.5. The molecule has 1 aromatic carbocycles. The quantitative estimate of drug-likeness (QED) is 0.606. The summed E-state index contributed by atoms with van der Waals surface area (Å²) in [5, 5.41) is 0.338. The first kappa shape index (κ1) is 15.2. The van der Waals surface area contributed by atoms with E-state index >= 15 is 0 Å². The normalized spacial score (nSPS) is 14.0. The van der Waals surface area contributed by atoms with E-state index in [0.29, 0.717) is 11.8 Å². The number of ketones is 1. The van der Waals surface area contributed by atoms with E-state index < -0.39 is 0 Å². The summed E-state index contributed by atoms with van der Waals surface area (Å²) < 4.78 is 0. The third kappa shape index (κ3) is 3.29. The highest BCUT2D eigenvalue weighted by atomic mass is 79.9. The van der Waals surface area contributed by atoms with Gasteiger partial charge in [-0.1, -0.05) is 29.3 Å². The first-order chi connectivity index (χ1) is 9.67. The number of amides is 1. The molecule has 0 atom stereocenters. The van der Waals surface area contributed by atoms with Gasteiger partial charge >= 0.3 is 0 Å². The number of Topliss-reactive ketones (excluding diaryl/α,β-unsaturated/α-hetero) is 1. The molecule has 1 aliphatic rings. The number of rotatable bonds is 5. The van der Waals surface area contributed by atoms with Crippen molar-refractivity contribution in [2.24, 2.45) is 0 Å². The maximum absolute atomic E-state index is 12.2. The highest BCUT2D eigenvalue weighted by Gasteiger charge is 2.22. The van der Waals surface area contributed by atoms with Crippen LogP contribution in [0.3, 0.4) is 0 Å². The molecule has 1 aliphatic heterocycles. The smallest absolute Gasteiger partial charge is 0.226 e. The Labute approximate surface area is 128 Å². The van der Waals surface area contributed by atoms with Crippen molar-refractivity contribution in [2.75, 3.05) is 16.8 Å². The number of fused-ring (bicyclic) bond motifs is 1. The van der Waals surface area contributed by atoms with Gasteiger partial charge in [-0.2, -0.15) is 0 Å². The largest absolute Gasteiger partial charge is 0.312 e. The number of hydrogen-bond acceptors (Lipinski definition) is 2. The highest BCUT2D eigenvalue weighted by molar-refractivity contribution is 9.09. The lowest BCUT2D eigenvalue weighted by Gasteiger charge is -2.30. The van der Waals surface area contributed by atoms with Gasteiger partial charge < -0.3 is 4.90 Å². The summed E-state index contributed by atoms with van der Waals surface area (Å²) in [5.74, 6) is 0.287. The van der Waals surface area contributed by atoms with E-state index in [1.165, 1.54) is 0 Å². The maximum atomic E-state index is 12.2. The molecule has 0 unspecified atom stereocenters. The molecule has 3 nitrogen and oxygen atoms in total. The zero-order valence-electron chi connectivity index (χ0n) is 11.8. The number of carbonyl (C=O) groups excluding carboxylic acids is 2. The van der Waals surface area contributed by atoms with Crippen LogP contribution in [0.15, 0.2) is 18.2 Å². The van der Waals surface area contributed by atoms with Crippen LogP contribution in [0.1, 0.15) is 48.5 Å². The van der Waals surface area contributed by atoms with E-state index in [1.54, 1.807) is 0 Å². The second-order valence-corrected chi connectivity index (χ2v) is 5.71. The van der Waals surface area contributed by atoms with Crippen molar-refractivity contribution in [3.63, 3.8) is 0 Å². The van der Waals surface area contributed by atoms with Gasteiger partial charge in [-0.3, -0.25) is 9.59 Å². The standard InChI is InChI=1S/C16H20BrNO2/c1-2-3-6-16(20)18-9-4-5-12-10-13(15(19)11-17)7-8-14(12)18/h7-8,10H,2-6,9,11H2,1H3. The summed E-state index contributed by atoms with van der Waals surface area (Å²) in [6.45, 7) is 2.89. The number of alkyl halides is 1. The van der Waals surface area contributed by atoms with Crippen molar-refractivity contribution in [1.82, 2.24) is 0 Å². The van der Waals surface area contributed by atoms with Gasteiger partial charge in [0, 0.05) is 24.2 Å². The summed E-state index contributed by atoms with van der Waals surface area (Å²) in [5.41, 5.74) is 2.83. The summed E-state index contributed by atoms with van der Waals surface area (Å²) in [6, 6.07) is 5.69. The van der Waals surface area contributed by atoms with Crippen LogP contribution < -0.4 is 4.90 Å². The van der Waals surface area contributed by atoms with Crippen LogP contribution in [0.4, 0.5) is 5.69 Å². The molecule has 0 saturated heterocycles. The highest BCUT2D eigenvalue weighted by Crippen LogP contribution is 2.29. The van der Waals surface area contributed by atoms with Crippen molar-refractivity contribution < 1.29 is 9.59 Å². The lowest BCUT2D eigenvalue weighted by molar-refractivity contribution is -0.118. The maximum Gasteiger partial charge on any atom is 0.226 e. The van der Waals surface area contributed by atoms with Crippen LogP contribution in [0.25, 0.3) is 0 Å². The minimum absolute atomic E-state index is 0.0854. The molecule has 108 valence electrons. The predicted molar refractivity (Wildman–Crippen MR) is 84.8 cm³/mol. The monoisotopic (exact) mass is 337 g/mol. The van der Waals surface area contributed by atoms with Crippen molar-refractivity contribution in [3.8, 4) is 0 Å². The lowest BCUT2D eigenvalue weighted by Crippen LogP contribution is -2.35. The van der Waals surface area contributed by atoms with Gasteiger partial charge in [0.05, 0.1) is 5.33 Å². The molecule has 0 N–H and O–H groups in total. The van der Waals surface area contributed by atoms with Crippen molar-refractivity contribution in [1.29, 1.82) is 0 Å². The molecule has 0 aliphatic carbocycles. The third-order valence-corrected chi connectivity index (χ3v) is 4.20. The number of halogens is 1. The molecule has 1 amide bonds. The van der Waals surface area contributed by atoms with E-state index in [9.17, 15) is 9.59 Å². The number of benzene rings is 1. The Bertz CT molecular complexity index is 513. The van der Waals surface area contributed by atoms with Gasteiger partial charge in [-0.25, -0.2) is 0 Å². The Morgan fingerprint density at radius 3 is 2.85 bits per heavy atom. The van der Waals surface area contributed by atoms with Crippen LogP contribution in [-0.4, -0.2) is 23.6 Å². The molecule has 0 aromatic heterocycles. The van der Waals surface area contributed by atoms with Crippen LogP contribution in [0, 0.1) is 0 Å². The summed E-state index contributed by atoms with van der Waals surface area (Å²) >= 11 is 3.20. The Balaban J connectivity index is 2.23. The van der Waals surface area contributed by atoms with Gasteiger partial charge in [0.15, 0.2) is 5.78 Å². The van der Waals surface area contributed by atoms with Crippen LogP contribution in [-0.2, 0) is 11.2 Å². The molecule has 0 bridgehead atoms. The lowest BCUT2D eigenvalue weighted by atomic mass is 9.97. The van der Waals surface area contributed by atoms with Gasteiger partial charge in [-0.05, 0) is 43.0 Å². The molecular weight excluding hydrogens is 318 g/mol. The molecule has 0 fully saturated rings. The van der Waals surface area contributed by atoms with Crippen molar-refractivity contribution >= 4 is 33.3 Å². The molecule has 20 heavy (non-hydrogen) atoms. The first-order valence-electron chi connectivity index (χ1n) is 7.19. The number of nitrogens with zero attached hydrogens (tertiary/aromatic N) is 1. The second-order valence-electron chi connectivity index (χ2n) is 5.15. The fourth-order valence-corrected chi connectivity index (χ4v) is 2.89. The minimum Gasteiger partial charge on any atom is -0.312 e. The van der Waals surface area contributed by atoms with E-state index in [-0.39, 0.29) is 11.7 Å². The van der Waals surface area contributed by atoms with Gasteiger partial charge in [0.1, 0.15) is 0 Å². The minimum atomic E-state index is 0.0854. The van der Waals surface area contributed by atoms with Crippen LogP contribution >= 0.6 is 15.9 Å². The van der Waals surface area contributed by atoms with Gasteiger partial charge in [-0.15, -0.1) is 0 Å². The zero-order valence-corrected chi connectivity index (χ0v) is 13.4. The number of aryl methyl sites for hydroxylation is 1. The number of anilines is 1. The molecule has 0 saturated carbocycles. The average molecular weight is 338 g/mol. The first-order valence-corrected chi connectivity index (χ1v) is 8.32. The molecule has 4 heteroatoms. The van der Waals surface area contributed by atoms with Crippen LogP contribution in [0.5, 0.6) is 0 Å². The third-order valence-electron chi connectivity index (χ3n) is 3.69. The molecule has 1 aromatic rings. The van der Waals surface area contributed by atoms with Crippen molar-refractivity contribution in [2.45, 2.75) is 39.0 Å². The molecular formula is C16H20BrNO2. The summed E-state index contributed by atoms with van der Waals surface area (Å²) in [4.78, 5) is 25.9. The molecule has 1 heterocycles. The molecule has 2 rings (SSSR count). The van der Waals surface area contributed by atoms with E-state index in [4.69, 9.17) is 0 Å². The number of carbonyl (C=O) groups is 2. The second kappa shape index (κ2) is 7.02. The fourth-order valence-electron chi connectivity index (χ4n) is 2.57. The van der Waals surface area contributed by atoms with E-state index in [2.05, 4.69) is 22.9 Å². The number of unbranched alkanes of at least 4 members (excludes halogenated alkanes) is 1. The van der Waals surface area contributed by atoms with E-state index in [1.807, 2.05) is 23.1 Å². The fraction of sp³-hybridized carbons (Fsp3) is 0.500. The average Bonchev–Trinajstić information content (AvgIpc) is 2.50. The van der Waals surface area contributed by atoms with Crippen molar-refractivity contribution in [3.05, 3.63) is 29.3 Å². The van der Waals surface area contributed by atoms with Gasteiger partial charge in [0.2, 0.25) is 5.91 Å². The summed E-state index contributed by atoms with van der Waals surface area (Å²) in [6.07, 6.45) is 4.49. The SMILES string of the molecule is CCCCC(=O)N1CCCc2cc(C(=O)CBr)ccc21. The number of hydrogen-bond donors (Lipinski definition) is 0. The van der Waals surface area contributed by atoms with Gasteiger partial charge in [0.25, 0.3) is 0 Å². The Kier molecular flexibility index (Phi) is 5.35. The topological polar surface area (TPSA) is 37.4 Å². The van der Waals surface area contributed by atoms with E-state index in [0.717, 1.165) is 49.0 Å². The van der Waals surface area contributed by atoms with Crippen LogP contribution in [0.2, 0.25) is 0 Å². The Morgan fingerprint density at radius 2 is 2.15 bits per heavy atom. The molecule has 0 radical (unpaired) electrons. The molecule has 0 spiro atoms. The Hall–Kier alpha value is -1.16.